The minimum Gasteiger partial charge on any atom is -0.342 e. The molecule has 1 aliphatic carbocycles. The van der Waals surface area contributed by atoms with Crippen molar-refractivity contribution in [2.75, 3.05) is 39.8 Å². The van der Waals surface area contributed by atoms with E-state index in [4.69, 9.17) is 0 Å². The zero-order chi connectivity index (χ0) is 19.6. The van der Waals surface area contributed by atoms with Crippen molar-refractivity contribution < 1.29 is 9.59 Å². The van der Waals surface area contributed by atoms with Crippen LogP contribution < -0.4 is 0 Å². The number of nitrogens with zero attached hydrogens (tertiary/aromatic N) is 4. The van der Waals surface area contributed by atoms with E-state index in [1.165, 1.54) is 18.4 Å². The summed E-state index contributed by atoms with van der Waals surface area (Å²) in [5, 5.41) is 0. The zero-order valence-electron chi connectivity index (χ0n) is 17.0. The van der Waals surface area contributed by atoms with E-state index in [0.29, 0.717) is 18.9 Å². The van der Waals surface area contributed by atoms with Gasteiger partial charge in [0.05, 0.1) is 6.54 Å². The topological polar surface area (TPSA) is 56.8 Å². The number of hydrogen-bond acceptors (Lipinski definition) is 4. The number of likely N-dealkylation sites (tertiary alicyclic amines) is 2. The molecule has 6 nitrogen and oxygen atoms in total. The molecular weight excluding hydrogens is 352 g/mol. The Kier molecular flexibility index (Phi) is 5.67. The van der Waals surface area contributed by atoms with Crippen LogP contribution in [-0.4, -0.2) is 71.3 Å². The number of piperidine rings is 2. The number of pyridine rings is 1. The van der Waals surface area contributed by atoms with Crippen LogP contribution in [0.3, 0.4) is 0 Å². The van der Waals surface area contributed by atoms with Crippen molar-refractivity contribution >= 4 is 11.8 Å². The van der Waals surface area contributed by atoms with Crippen LogP contribution in [0.5, 0.6) is 0 Å². The molecule has 1 aromatic rings. The van der Waals surface area contributed by atoms with Gasteiger partial charge in [0.2, 0.25) is 11.8 Å². The van der Waals surface area contributed by atoms with Gasteiger partial charge in [-0.1, -0.05) is 0 Å². The summed E-state index contributed by atoms with van der Waals surface area (Å²) in [7, 11) is 1.99. The molecule has 2 amide bonds. The first-order valence-corrected chi connectivity index (χ1v) is 10.7. The van der Waals surface area contributed by atoms with E-state index in [1.54, 1.807) is 12.4 Å². The van der Waals surface area contributed by atoms with Gasteiger partial charge < -0.3 is 9.80 Å². The second-order valence-electron chi connectivity index (χ2n) is 9.16. The number of amides is 2. The van der Waals surface area contributed by atoms with Crippen molar-refractivity contribution in [3.05, 3.63) is 30.1 Å². The van der Waals surface area contributed by atoms with Gasteiger partial charge in [0.1, 0.15) is 0 Å². The highest BCUT2D eigenvalue weighted by Crippen LogP contribution is 2.40. The molecule has 2 aliphatic heterocycles. The van der Waals surface area contributed by atoms with Gasteiger partial charge in [-0.15, -0.1) is 0 Å². The standard InChI is InChI=1S/C22H32N4O2/c1-24(13-19-6-10-23-11-7-19)15-21(28)25-12-2-8-22(16-25)9-5-20(27)26(17-22)14-18-3-4-18/h6-7,10-11,18H,2-5,8-9,12-17H2,1H3/t22-/m1/s1. The lowest BCUT2D eigenvalue weighted by Gasteiger charge is -2.48. The molecule has 3 heterocycles. The normalized spacial score (nSPS) is 25.6. The summed E-state index contributed by atoms with van der Waals surface area (Å²) in [5.74, 6) is 1.25. The lowest BCUT2D eigenvalue weighted by molar-refractivity contribution is -0.143. The predicted octanol–water partition coefficient (Wildman–Crippen LogP) is 2.15. The van der Waals surface area contributed by atoms with Crippen molar-refractivity contribution in [3.8, 4) is 0 Å². The summed E-state index contributed by atoms with van der Waals surface area (Å²) in [5.41, 5.74) is 1.28. The van der Waals surface area contributed by atoms with Gasteiger partial charge >= 0.3 is 0 Å². The molecule has 1 atom stereocenters. The summed E-state index contributed by atoms with van der Waals surface area (Å²) in [4.78, 5) is 35.6. The van der Waals surface area contributed by atoms with Crippen LogP contribution in [0, 0.1) is 11.3 Å². The van der Waals surface area contributed by atoms with Crippen LogP contribution in [0.15, 0.2) is 24.5 Å². The molecule has 28 heavy (non-hydrogen) atoms. The first kappa shape index (κ1) is 19.4. The zero-order valence-corrected chi connectivity index (χ0v) is 17.0. The summed E-state index contributed by atoms with van der Waals surface area (Å²) in [6.45, 7) is 4.62. The van der Waals surface area contributed by atoms with E-state index in [1.807, 2.05) is 19.2 Å². The molecule has 1 saturated carbocycles. The molecule has 0 bridgehead atoms. The molecule has 0 N–H and O–H groups in total. The Bertz CT molecular complexity index is 706. The quantitative estimate of drug-likeness (QED) is 0.754. The van der Waals surface area contributed by atoms with Crippen LogP contribution in [0.1, 0.15) is 44.1 Å². The highest BCUT2D eigenvalue weighted by molar-refractivity contribution is 5.79. The monoisotopic (exact) mass is 384 g/mol. The lowest BCUT2D eigenvalue weighted by Crippen LogP contribution is -2.56. The summed E-state index contributed by atoms with van der Waals surface area (Å²) in [6.07, 6.45) is 9.88. The molecule has 0 aromatic carbocycles. The van der Waals surface area contributed by atoms with Crippen LogP contribution in [0.4, 0.5) is 0 Å². The Morgan fingerprint density at radius 2 is 2.04 bits per heavy atom. The van der Waals surface area contributed by atoms with Crippen LogP contribution in [0.2, 0.25) is 0 Å². The van der Waals surface area contributed by atoms with E-state index in [2.05, 4.69) is 19.7 Å². The third kappa shape index (κ3) is 4.72. The average molecular weight is 385 g/mol. The Morgan fingerprint density at radius 1 is 1.25 bits per heavy atom. The number of hydrogen-bond donors (Lipinski definition) is 0. The molecule has 3 fully saturated rings. The van der Waals surface area contributed by atoms with Crippen molar-refractivity contribution in [1.82, 2.24) is 19.7 Å². The number of rotatable bonds is 6. The minimum absolute atomic E-state index is 0.111. The van der Waals surface area contributed by atoms with Crippen molar-refractivity contribution in [2.45, 2.75) is 45.1 Å². The van der Waals surface area contributed by atoms with Gasteiger partial charge in [0.15, 0.2) is 0 Å². The Balaban J connectivity index is 1.33. The fourth-order valence-electron chi connectivity index (χ4n) is 4.82. The molecule has 4 rings (SSSR count). The second-order valence-corrected chi connectivity index (χ2v) is 9.16. The highest BCUT2D eigenvalue weighted by Gasteiger charge is 2.43. The molecular formula is C22H32N4O2. The van der Waals surface area contributed by atoms with E-state index in [0.717, 1.165) is 57.9 Å². The molecule has 6 heteroatoms. The summed E-state index contributed by atoms with van der Waals surface area (Å²) < 4.78 is 0. The van der Waals surface area contributed by atoms with E-state index < -0.39 is 0 Å². The Labute approximate surface area is 167 Å². The third-order valence-corrected chi connectivity index (χ3v) is 6.54. The maximum Gasteiger partial charge on any atom is 0.236 e. The van der Waals surface area contributed by atoms with E-state index >= 15 is 0 Å². The largest absolute Gasteiger partial charge is 0.342 e. The van der Waals surface area contributed by atoms with Gasteiger partial charge in [-0.2, -0.15) is 0 Å². The number of carbonyl (C=O) groups is 2. The van der Waals surface area contributed by atoms with Crippen LogP contribution in [0.25, 0.3) is 0 Å². The lowest BCUT2D eigenvalue weighted by atomic mass is 9.73. The molecule has 2 saturated heterocycles. The van der Waals surface area contributed by atoms with Gasteiger partial charge in [0, 0.05) is 57.0 Å². The SMILES string of the molecule is CN(CC(=O)N1CCC[C@@]2(CCC(=O)N(CC3CC3)C2)C1)Cc1ccncc1. The Morgan fingerprint density at radius 3 is 2.79 bits per heavy atom. The fraction of sp³-hybridized carbons (Fsp3) is 0.682. The molecule has 0 unspecified atom stereocenters. The molecule has 152 valence electrons. The molecule has 0 radical (unpaired) electrons. The first-order valence-electron chi connectivity index (χ1n) is 10.7. The molecule has 1 spiro atoms. The van der Waals surface area contributed by atoms with Gasteiger partial charge in [-0.25, -0.2) is 0 Å². The predicted molar refractivity (Wildman–Crippen MR) is 107 cm³/mol. The smallest absolute Gasteiger partial charge is 0.236 e. The van der Waals surface area contributed by atoms with Crippen molar-refractivity contribution in [1.29, 1.82) is 0 Å². The number of aromatic nitrogens is 1. The van der Waals surface area contributed by atoms with Gasteiger partial charge in [0.25, 0.3) is 0 Å². The fourth-order valence-corrected chi connectivity index (χ4v) is 4.82. The third-order valence-electron chi connectivity index (χ3n) is 6.54. The molecule has 3 aliphatic rings. The van der Waals surface area contributed by atoms with E-state index in [-0.39, 0.29) is 11.3 Å². The van der Waals surface area contributed by atoms with Crippen LogP contribution in [-0.2, 0) is 16.1 Å². The average Bonchev–Trinajstić information content (AvgIpc) is 3.50. The second kappa shape index (κ2) is 8.19. The van der Waals surface area contributed by atoms with Crippen molar-refractivity contribution in [2.24, 2.45) is 11.3 Å². The number of likely N-dealkylation sites (N-methyl/N-ethyl adjacent to an activating group) is 1. The highest BCUT2D eigenvalue weighted by atomic mass is 16.2. The van der Waals surface area contributed by atoms with Gasteiger partial charge in [-0.3, -0.25) is 19.5 Å². The summed E-state index contributed by atoms with van der Waals surface area (Å²) in [6, 6.07) is 3.98. The summed E-state index contributed by atoms with van der Waals surface area (Å²) >= 11 is 0. The maximum absolute atomic E-state index is 12.9. The Hall–Kier alpha value is -1.95. The van der Waals surface area contributed by atoms with E-state index in [9.17, 15) is 9.59 Å². The van der Waals surface area contributed by atoms with Gasteiger partial charge in [-0.05, 0) is 62.8 Å². The van der Waals surface area contributed by atoms with Crippen LogP contribution >= 0.6 is 0 Å². The maximum atomic E-state index is 12.9. The van der Waals surface area contributed by atoms with Crippen molar-refractivity contribution in [3.63, 3.8) is 0 Å². The number of carbonyl (C=O) groups excluding carboxylic acids is 2. The minimum atomic E-state index is 0.111. The molecule has 1 aromatic heterocycles. The first-order chi connectivity index (χ1) is 13.5.